The maximum absolute atomic E-state index is 11.0. The van der Waals surface area contributed by atoms with Crippen LogP contribution in [0, 0.1) is 13.8 Å². The number of aryl methyl sites for hydroxylation is 2. The maximum Gasteiger partial charge on any atom is 0.304 e. The zero-order valence-electron chi connectivity index (χ0n) is 12.2. The fourth-order valence-electron chi connectivity index (χ4n) is 1.88. The van der Waals surface area contributed by atoms with Crippen molar-refractivity contribution in [2.24, 2.45) is 0 Å². The molecule has 21 heavy (non-hydrogen) atoms. The van der Waals surface area contributed by atoms with Crippen LogP contribution >= 0.6 is 11.3 Å². The quantitative estimate of drug-likeness (QED) is 0.726. The lowest BCUT2D eigenvalue weighted by Gasteiger charge is -2.14. The summed E-state index contributed by atoms with van der Waals surface area (Å²) in [5.74, 6) is 0.802. The van der Waals surface area contributed by atoms with Crippen LogP contribution in [0.5, 0.6) is 5.75 Å². The van der Waals surface area contributed by atoms with E-state index in [0.29, 0.717) is 13.1 Å². The molecule has 2 rings (SSSR count). The van der Waals surface area contributed by atoms with Gasteiger partial charge in [-0.2, -0.15) is 0 Å². The second-order valence-corrected chi connectivity index (χ2v) is 5.88. The van der Waals surface area contributed by atoms with Gasteiger partial charge < -0.3 is 20.1 Å². The molecule has 0 saturated carbocycles. The van der Waals surface area contributed by atoms with Gasteiger partial charge in [-0.3, -0.25) is 4.79 Å². The Morgan fingerprint density at radius 3 is 2.95 bits per heavy atom. The van der Waals surface area contributed by atoms with Crippen molar-refractivity contribution >= 4 is 11.3 Å². The molecule has 0 fully saturated rings. The highest BCUT2D eigenvalue weighted by Gasteiger charge is 2.07. The highest BCUT2D eigenvalue weighted by molar-refractivity contribution is 7.07. The van der Waals surface area contributed by atoms with Gasteiger partial charge in [0.15, 0.2) is 0 Å². The van der Waals surface area contributed by atoms with Crippen LogP contribution in [-0.4, -0.2) is 29.3 Å². The summed E-state index contributed by atoms with van der Waals surface area (Å²) in [5.41, 5.74) is 3.01. The zero-order valence-corrected chi connectivity index (χ0v) is 13.0. The van der Waals surface area contributed by atoms with E-state index < -0.39 is 6.10 Å². The van der Waals surface area contributed by atoms with Crippen LogP contribution in [0.25, 0.3) is 0 Å². The molecule has 3 N–H and O–H groups in total. The van der Waals surface area contributed by atoms with E-state index in [4.69, 9.17) is 4.74 Å². The van der Waals surface area contributed by atoms with Gasteiger partial charge in [0, 0.05) is 24.2 Å². The third-order valence-corrected chi connectivity index (χ3v) is 3.76. The van der Waals surface area contributed by atoms with E-state index in [1.807, 2.05) is 32.0 Å². The monoisotopic (exact) mass is 308 g/mol. The minimum absolute atomic E-state index is 0.0643. The Morgan fingerprint density at radius 2 is 2.24 bits per heavy atom. The fourth-order valence-corrected chi connectivity index (χ4v) is 2.46. The van der Waals surface area contributed by atoms with E-state index >= 15 is 0 Å². The van der Waals surface area contributed by atoms with Crippen molar-refractivity contribution in [1.29, 1.82) is 0 Å². The molecular weight excluding hydrogens is 288 g/mol. The third-order valence-electron chi connectivity index (χ3n) is 3.04. The summed E-state index contributed by atoms with van der Waals surface area (Å²) in [5, 5.41) is 14.8. The van der Waals surface area contributed by atoms with E-state index in [0.717, 1.165) is 33.9 Å². The Kier molecular flexibility index (Phi) is 5.55. The number of aliphatic hydroxyl groups excluding tert-OH is 1. The van der Waals surface area contributed by atoms with E-state index in [2.05, 4.69) is 10.3 Å². The largest absolute Gasteiger partial charge is 0.491 e. The second-order valence-electron chi connectivity index (χ2n) is 5.04. The SMILES string of the molecule is Cc1ccc(C)c(OCC(O)CNCc2csc(=O)[nH]2)c1. The van der Waals surface area contributed by atoms with Crippen molar-refractivity contribution in [3.05, 3.63) is 50.1 Å². The summed E-state index contributed by atoms with van der Waals surface area (Å²) in [4.78, 5) is 13.6. The lowest BCUT2D eigenvalue weighted by molar-refractivity contribution is 0.105. The van der Waals surface area contributed by atoms with Crippen LogP contribution < -0.4 is 14.9 Å². The number of aromatic amines is 1. The maximum atomic E-state index is 11.0. The first-order valence-electron chi connectivity index (χ1n) is 6.80. The van der Waals surface area contributed by atoms with Crippen molar-refractivity contribution in [1.82, 2.24) is 10.3 Å². The van der Waals surface area contributed by atoms with Crippen LogP contribution in [0.4, 0.5) is 0 Å². The molecule has 1 aromatic heterocycles. The van der Waals surface area contributed by atoms with Gasteiger partial charge in [0.2, 0.25) is 0 Å². The number of hydrogen-bond donors (Lipinski definition) is 3. The van der Waals surface area contributed by atoms with Gasteiger partial charge in [-0.25, -0.2) is 0 Å². The van der Waals surface area contributed by atoms with Gasteiger partial charge in [0.25, 0.3) is 0 Å². The van der Waals surface area contributed by atoms with Crippen LogP contribution in [0.2, 0.25) is 0 Å². The average molecular weight is 308 g/mol. The molecule has 1 unspecified atom stereocenters. The van der Waals surface area contributed by atoms with E-state index in [1.54, 1.807) is 5.38 Å². The average Bonchev–Trinajstić information content (AvgIpc) is 2.85. The standard InChI is InChI=1S/C15H20N2O3S/c1-10-3-4-11(2)14(5-10)20-8-13(18)7-16-6-12-9-21-15(19)17-12/h3-5,9,13,16,18H,6-8H2,1-2H3,(H,17,19). The molecule has 0 spiro atoms. The molecule has 0 amide bonds. The van der Waals surface area contributed by atoms with Gasteiger partial charge in [-0.1, -0.05) is 23.5 Å². The zero-order chi connectivity index (χ0) is 15.2. The normalized spacial score (nSPS) is 12.3. The van der Waals surface area contributed by atoms with Crippen molar-refractivity contribution in [2.75, 3.05) is 13.2 Å². The number of thiazole rings is 1. The summed E-state index contributed by atoms with van der Waals surface area (Å²) in [6, 6.07) is 6.00. The number of hydrogen-bond acceptors (Lipinski definition) is 5. The first-order valence-corrected chi connectivity index (χ1v) is 7.68. The Labute approximate surface area is 127 Å². The Morgan fingerprint density at radius 1 is 1.43 bits per heavy atom. The number of aromatic nitrogens is 1. The lowest BCUT2D eigenvalue weighted by Crippen LogP contribution is -2.31. The number of nitrogens with one attached hydrogen (secondary N) is 2. The first kappa shape index (κ1) is 15.8. The summed E-state index contributed by atoms with van der Waals surface area (Å²) >= 11 is 1.14. The molecule has 0 saturated heterocycles. The molecule has 2 aromatic rings. The summed E-state index contributed by atoms with van der Waals surface area (Å²) in [7, 11) is 0. The molecule has 0 aliphatic rings. The summed E-state index contributed by atoms with van der Waals surface area (Å²) in [6.07, 6.45) is -0.602. The predicted molar refractivity (Wildman–Crippen MR) is 84.1 cm³/mol. The minimum Gasteiger partial charge on any atom is -0.491 e. The fraction of sp³-hybridized carbons (Fsp3) is 0.400. The molecular formula is C15H20N2O3S. The van der Waals surface area contributed by atoms with E-state index in [9.17, 15) is 9.90 Å². The summed E-state index contributed by atoms with van der Waals surface area (Å²) in [6.45, 7) is 5.15. The number of rotatable bonds is 7. The highest BCUT2D eigenvalue weighted by atomic mass is 32.1. The number of aliphatic hydroxyl groups is 1. The Hall–Kier alpha value is -1.63. The third kappa shape index (κ3) is 5.00. The molecule has 1 heterocycles. The van der Waals surface area contributed by atoms with Crippen molar-refractivity contribution in [3.63, 3.8) is 0 Å². The van der Waals surface area contributed by atoms with E-state index in [-0.39, 0.29) is 11.5 Å². The topological polar surface area (TPSA) is 74.3 Å². The predicted octanol–water partition coefficient (Wildman–Crippen LogP) is 1.58. The Balaban J connectivity index is 1.73. The van der Waals surface area contributed by atoms with Gasteiger partial charge in [0.05, 0.1) is 0 Å². The molecule has 1 aromatic carbocycles. The van der Waals surface area contributed by atoms with Gasteiger partial charge in [-0.15, -0.1) is 0 Å². The van der Waals surface area contributed by atoms with E-state index in [1.165, 1.54) is 0 Å². The molecule has 0 aliphatic heterocycles. The van der Waals surface area contributed by atoms with Crippen LogP contribution in [0.1, 0.15) is 16.8 Å². The lowest BCUT2D eigenvalue weighted by atomic mass is 10.1. The molecule has 0 aliphatic carbocycles. The number of H-pyrrole nitrogens is 1. The molecule has 5 nitrogen and oxygen atoms in total. The molecule has 0 radical (unpaired) electrons. The Bertz CT molecular complexity index is 636. The van der Waals surface area contributed by atoms with Crippen LogP contribution in [-0.2, 0) is 6.54 Å². The van der Waals surface area contributed by atoms with Crippen LogP contribution in [0.3, 0.4) is 0 Å². The van der Waals surface area contributed by atoms with Crippen molar-refractivity contribution in [2.45, 2.75) is 26.5 Å². The first-order chi connectivity index (χ1) is 10.0. The number of ether oxygens (including phenoxy) is 1. The van der Waals surface area contributed by atoms with Gasteiger partial charge in [0.1, 0.15) is 18.5 Å². The minimum atomic E-state index is -0.602. The second kappa shape index (κ2) is 7.40. The van der Waals surface area contributed by atoms with Gasteiger partial charge >= 0.3 is 4.87 Å². The van der Waals surface area contributed by atoms with Crippen molar-refractivity contribution in [3.8, 4) is 5.75 Å². The van der Waals surface area contributed by atoms with Crippen molar-refractivity contribution < 1.29 is 9.84 Å². The molecule has 114 valence electrons. The molecule has 6 heteroatoms. The highest BCUT2D eigenvalue weighted by Crippen LogP contribution is 2.19. The van der Waals surface area contributed by atoms with Gasteiger partial charge in [-0.05, 0) is 31.0 Å². The number of benzene rings is 1. The molecule has 0 bridgehead atoms. The summed E-state index contributed by atoms with van der Waals surface area (Å²) < 4.78 is 5.64. The molecule has 1 atom stereocenters. The van der Waals surface area contributed by atoms with Crippen LogP contribution in [0.15, 0.2) is 28.4 Å². The smallest absolute Gasteiger partial charge is 0.304 e.